The van der Waals surface area contributed by atoms with Crippen molar-refractivity contribution in [3.63, 3.8) is 0 Å². The van der Waals surface area contributed by atoms with Crippen molar-refractivity contribution in [1.82, 2.24) is 9.55 Å². The molecule has 0 aliphatic heterocycles. The van der Waals surface area contributed by atoms with E-state index in [2.05, 4.69) is 4.98 Å². The van der Waals surface area contributed by atoms with E-state index in [1.54, 1.807) is 12.3 Å². The Morgan fingerprint density at radius 1 is 1.64 bits per heavy atom. The standard InChI is InChI=1S/C10H10N2O2/c1-12-4-3-11-10(12)6-8-2-5-14-9(8)7-13/h2-5,7H,6H2,1H3. The van der Waals surface area contributed by atoms with Gasteiger partial charge in [0.2, 0.25) is 0 Å². The zero-order valence-electron chi connectivity index (χ0n) is 7.80. The fraction of sp³-hybridized carbons (Fsp3) is 0.200. The highest BCUT2D eigenvalue weighted by Gasteiger charge is 2.08. The van der Waals surface area contributed by atoms with E-state index in [-0.39, 0.29) is 0 Å². The number of aryl methyl sites for hydroxylation is 1. The molecule has 0 saturated heterocycles. The maximum absolute atomic E-state index is 10.6. The van der Waals surface area contributed by atoms with E-state index in [0.717, 1.165) is 17.7 Å². The van der Waals surface area contributed by atoms with Crippen LogP contribution in [0.3, 0.4) is 0 Å². The third-order valence-corrected chi connectivity index (χ3v) is 2.16. The fourth-order valence-corrected chi connectivity index (χ4v) is 1.33. The molecule has 0 amide bonds. The summed E-state index contributed by atoms with van der Waals surface area (Å²) < 4.78 is 6.92. The van der Waals surface area contributed by atoms with Gasteiger partial charge in [-0.15, -0.1) is 0 Å². The van der Waals surface area contributed by atoms with Crippen molar-refractivity contribution < 1.29 is 9.21 Å². The van der Waals surface area contributed by atoms with Crippen molar-refractivity contribution in [3.8, 4) is 0 Å². The van der Waals surface area contributed by atoms with E-state index in [1.165, 1.54) is 6.26 Å². The van der Waals surface area contributed by atoms with E-state index in [4.69, 9.17) is 4.42 Å². The Bertz CT molecular complexity index is 442. The van der Waals surface area contributed by atoms with Crippen LogP contribution in [0.15, 0.2) is 29.1 Å². The van der Waals surface area contributed by atoms with Crippen LogP contribution < -0.4 is 0 Å². The van der Waals surface area contributed by atoms with Crippen LogP contribution in [0.25, 0.3) is 0 Å². The molecule has 0 saturated carbocycles. The highest BCUT2D eigenvalue weighted by atomic mass is 16.3. The summed E-state index contributed by atoms with van der Waals surface area (Å²) in [5, 5.41) is 0. The molecule has 4 heteroatoms. The molecule has 0 atom stereocenters. The average Bonchev–Trinajstić information content (AvgIpc) is 2.77. The van der Waals surface area contributed by atoms with Crippen LogP contribution in [0.5, 0.6) is 0 Å². The van der Waals surface area contributed by atoms with Gasteiger partial charge in [-0.05, 0) is 6.07 Å². The topological polar surface area (TPSA) is 48.0 Å². The summed E-state index contributed by atoms with van der Waals surface area (Å²) in [7, 11) is 1.92. The molecule has 0 spiro atoms. The highest BCUT2D eigenvalue weighted by molar-refractivity contribution is 5.73. The largest absolute Gasteiger partial charge is 0.461 e. The number of imidazole rings is 1. The summed E-state index contributed by atoms with van der Waals surface area (Å²) >= 11 is 0. The van der Waals surface area contributed by atoms with Gasteiger partial charge in [-0.25, -0.2) is 4.98 Å². The smallest absolute Gasteiger partial charge is 0.185 e. The van der Waals surface area contributed by atoms with Gasteiger partial charge >= 0.3 is 0 Å². The van der Waals surface area contributed by atoms with Crippen molar-refractivity contribution in [2.45, 2.75) is 6.42 Å². The Hall–Kier alpha value is -1.84. The second-order valence-corrected chi connectivity index (χ2v) is 3.06. The Balaban J connectivity index is 2.27. The van der Waals surface area contributed by atoms with Gasteiger partial charge in [0.1, 0.15) is 5.82 Å². The van der Waals surface area contributed by atoms with Gasteiger partial charge in [-0.3, -0.25) is 4.79 Å². The summed E-state index contributed by atoms with van der Waals surface area (Å²) in [4.78, 5) is 14.8. The summed E-state index contributed by atoms with van der Waals surface area (Å²) in [6.45, 7) is 0. The number of furan rings is 1. The molecule has 2 aromatic heterocycles. The fourth-order valence-electron chi connectivity index (χ4n) is 1.33. The minimum absolute atomic E-state index is 0.382. The normalized spacial score (nSPS) is 10.4. The molecule has 2 aromatic rings. The lowest BCUT2D eigenvalue weighted by Gasteiger charge is -1.99. The monoisotopic (exact) mass is 190 g/mol. The lowest BCUT2D eigenvalue weighted by molar-refractivity contribution is 0.109. The molecule has 2 heterocycles. The first-order valence-corrected chi connectivity index (χ1v) is 4.29. The van der Waals surface area contributed by atoms with Gasteiger partial charge in [-0.2, -0.15) is 0 Å². The van der Waals surface area contributed by atoms with E-state index in [9.17, 15) is 4.79 Å². The van der Waals surface area contributed by atoms with Gasteiger partial charge in [0.15, 0.2) is 12.0 Å². The number of nitrogens with zero attached hydrogens (tertiary/aromatic N) is 2. The number of carbonyl (C=O) groups excluding carboxylic acids is 1. The van der Waals surface area contributed by atoms with E-state index in [1.807, 2.05) is 17.8 Å². The molecule has 0 N–H and O–H groups in total. The molecule has 4 nitrogen and oxygen atoms in total. The third-order valence-electron chi connectivity index (χ3n) is 2.16. The van der Waals surface area contributed by atoms with Crippen LogP contribution in [0, 0.1) is 0 Å². The second kappa shape index (κ2) is 3.49. The van der Waals surface area contributed by atoms with Crippen molar-refractivity contribution >= 4 is 6.29 Å². The average molecular weight is 190 g/mol. The molecule has 0 aliphatic carbocycles. The van der Waals surface area contributed by atoms with Crippen molar-refractivity contribution in [1.29, 1.82) is 0 Å². The molecule has 0 aromatic carbocycles. The summed E-state index contributed by atoms with van der Waals surface area (Å²) in [6, 6.07) is 1.79. The molecular formula is C10H10N2O2. The number of hydrogen-bond acceptors (Lipinski definition) is 3. The van der Waals surface area contributed by atoms with Crippen LogP contribution in [0.4, 0.5) is 0 Å². The molecule has 0 bridgehead atoms. The zero-order chi connectivity index (χ0) is 9.97. The van der Waals surface area contributed by atoms with Gasteiger partial charge in [0.25, 0.3) is 0 Å². The predicted molar refractivity (Wildman–Crippen MR) is 50.1 cm³/mol. The predicted octanol–water partition coefficient (Wildman–Crippen LogP) is 1.42. The summed E-state index contributed by atoms with van der Waals surface area (Å²) in [6.07, 6.45) is 6.46. The molecule has 0 unspecified atom stereocenters. The number of aldehydes is 1. The third kappa shape index (κ3) is 1.46. The Morgan fingerprint density at radius 2 is 2.50 bits per heavy atom. The van der Waals surface area contributed by atoms with Crippen LogP contribution in [-0.2, 0) is 13.5 Å². The van der Waals surface area contributed by atoms with Gasteiger partial charge in [0, 0.05) is 31.4 Å². The van der Waals surface area contributed by atoms with E-state index < -0.39 is 0 Å². The number of carbonyl (C=O) groups is 1. The molecule has 0 aliphatic rings. The number of aromatic nitrogens is 2. The van der Waals surface area contributed by atoms with Gasteiger partial charge in [0.05, 0.1) is 6.26 Å². The quantitative estimate of drug-likeness (QED) is 0.687. The maximum Gasteiger partial charge on any atom is 0.185 e. The van der Waals surface area contributed by atoms with Crippen molar-refractivity contribution in [3.05, 3.63) is 41.9 Å². The number of rotatable bonds is 3. The number of hydrogen-bond donors (Lipinski definition) is 0. The summed E-state index contributed by atoms with van der Waals surface area (Å²) in [5.41, 5.74) is 0.870. The van der Waals surface area contributed by atoms with Crippen LogP contribution >= 0.6 is 0 Å². The Morgan fingerprint density at radius 3 is 3.14 bits per heavy atom. The SMILES string of the molecule is Cn1ccnc1Cc1ccoc1C=O. The van der Waals surface area contributed by atoms with Crippen molar-refractivity contribution in [2.75, 3.05) is 0 Å². The lowest BCUT2D eigenvalue weighted by atomic mass is 10.2. The molecule has 72 valence electrons. The molecule has 0 radical (unpaired) electrons. The van der Waals surface area contributed by atoms with Crippen LogP contribution in [-0.4, -0.2) is 15.8 Å². The minimum atomic E-state index is 0.382. The Labute approximate surface area is 81.2 Å². The van der Waals surface area contributed by atoms with E-state index in [0.29, 0.717) is 12.2 Å². The maximum atomic E-state index is 10.6. The second-order valence-electron chi connectivity index (χ2n) is 3.06. The Kier molecular flexibility index (Phi) is 2.18. The lowest BCUT2D eigenvalue weighted by Crippen LogP contribution is -1.99. The molecule has 14 heavy (non-hydrogen) atoms. The summed E-state index contributed by atoms with van der Waals surface area (Å²) in [5.74, 6) is 1.29. The molecular weight excluding hydrogens is 180 g/mol. The minimum Gasteiger partial charge on any atom is -0.461 e. The highest BCUT2D eigenvalue weighted by Crippen LogP contribution is 2.12. The molecule has 2 rings (SSSR count). The van der Waals surface area contributed by atoms with E-state index >= 15 is 0 Å². The first kappa shape index (κ1) is 8.74. The van der Waals surface area contributed by atoms with Crippen molar-refractivity contribution in [2.24, 2.45) is 7.05 Å². The molecule has 0 fully saturated rings. The first-order chi connectivity index (χ1) is 6.81. The first-order valence-electron chi connectivity index (χ1n) is 4.29. The zero-order valence-corrected chi connectivity index (χ0v) is 7.80. The van der Waals surface area contributed by atoms with Gasteiger partial charge < -0.3 is 8.98 Å². The van der Waals surface area contributed by atoms with Crippen LogP contribution in [0.2, 0.25) is 0 Å². The van der Waals surface area contributed by atoms with Gasteiger partial charge in [-0.1, -0.05) is 0 Å². The van der Waals surface area contributed by atoms with Crippen LogP contribution in [0.1, 0.15) is 21.9 Å².